The average Bonchev–Trinajstić information content (AvgIpc) is 2.76. The Balaban J connectivity index is 1.86. The van der Waals surface area contributed by atoms with Gasteiger partial charge in [-0.1, -0.05) is 11.6 Å². The number of thiophene rings is 1. The van der Waals surface area contributed by atoms with Crippen molar-refractivity contribution in [2.24, 2.45) is 0 Å². The Morgan fingerprint density at radius 2 is 2.10 bits per heavy atom. The van der Waals surface area contributed by atoms with Gasteiger partial charge in [-0.05, 0) is 29.8 Å². The molecule has 0 fully saturated rings. The summed E-state index contributed by atoms with van der Waals surface area (Å²) in [7, 11) is 2.16. The van der Waals surface area contributed by atoms with Crippen LogP contribution < -0.4 is 16.0 Å². The number of hydrogen-bond donors (Lipinski definition) is 3. The lowest BCUT2D eigenvalue weighted by atomic mass is 10.0. The van der Waals surface area contributed by atoms with E-state index in [9.17, 15) is 4.79 Å². The lowest BCUT2D eigenvalue weighted by Crippen LogP contribution is -3.08. The van der Waals surface area contributed by atoms with Crippen LogP contribution in [0.3, 0.4) is 0 Å². The minimum Gasteiger partial charge on any atom is -0.390 e. The van der Waals surface area contributed by atoms with Crippen molar-refractivity contribution in [2.45, 2.75) is 13.0 Å². The molecule has 2 aromatic rings. The molecule has 110 valence electrons. The number of quaternary nitrogens is 1. The van der Waals surface area contributed by atoms with E-state index in [1.807, 2.05) is 0 Å². The fraction of sp³-hybridized carbons (Fsp3) is 0.267. The van der Waals surface area contributed by atoms with Crippen LogP contribution in [-0.2, 0) is 13.0 Å². The largest absolute Gasteiger partial charge is 0.390 e. The first-order valence-corrected chi connectivity index (χ1v) is 8.02. The summed E-state index contributed by atoms with van der Waals surface area (Å²) in [6.07, 6.45) is 0.901. The Morgan fingerprint density at radius 3 is 2.81 bits per heavy atom. The first-order chi connectivity index (χ1) is 10.0. The smallest absolute Gasteiger partial charge is 0.258 e. The summed E-state index contributed by atoms with van der Waals surface area (Å²) in [5.74, 6) is -0.133. The number of fused-ring (bicyclic) bond motifs is 1. The fourth-order valence-electron chi connectivity index (χ4n) is 2.62. The first kappa shape index (κ1) is 14.4. The third-order valence-electron chi connectivity index (χ3n) is 3.71. The van der Waals surface area contributed by atoms with Crippen molar-refractivity contribution in [3.8, 4) is 0 Å². The van der Waals surface area contributed by atoms with Gasteiger partial charge in [0.05, 0.1) is 29.0 Å². The van der Waals surface area contributed by atoms with E-state index in [0.717, 1.165) is 30.8 Å². The van der Waals surface area contributed by atoms with Gasteiger partial charge in [0.25, 0.3) is 5.91 Å². The highest BCUT2D eigenvalue weighted by molar-refractivity contribution is 7.16. The van der Waals surface area contributed by atoms with E-state index >= 15 is 0 Å². The topological polar surface area (TPSA) is 59.6 Å². The molecule has 3 rings (SSSR count). The number of amides is 1. The third-order valence-corrected chi connectivity index (χ3v) is 5.02. The molecule has 1 aromatic carbocycles. The van der Waals surface area contributed by atoms with Gasteiger partial charge in [0.1, 0.15) is 6.54 Å². The zero-order valence-electron chi connectivity index (χ0n) is 11.7. The van der Waals surface area contributed by atoms with E-state index in [1.165, 1.54) is 21.1 Å². The highest BCUT2D eigenvalue weighted by Crippen LogP contribution is 2.32. The molecular formula is C15H17ClN3OS+. The molecule has 0 spiro atoms. The molecule has 0 bridgehead atoms. The van der Waals surface area contributed by atoms with Gasteiger partial charge in [0.15, 0.2) is 0 Å². The van der Waals surface area contributed by atoms with Crippen LogP contribution in [0.15, 0.2) is 24.3 Å². The fourth-order valence-corrected chi connectivity index (χ4v) is 3.97. The molecule has 1 atom stereocenters. The third kappa shape index (κ3) is 2.90. The van der Waals surface area contributed by atoms with Gasteiger partial charge < -0.3 is 16.0 Å². The van der Waals surface area contributed by atoms with Crippen LogP contribution in [0.25, 0.3) is 0 Å². The van der Waals surface area contributed by atoms with Gasteiger partial charge in [-0.3, -0.25) is 4.79 Å². The maximum absolute atomic E-state index is 12.5. The molecule has 1 aromatic heterocycles. The monoisotopic (exact) mass is 322 g/mol. The van der Waals surface area contributed by atoms with Crippen LogP contribution in [0.2, 0.25) is 5.02 Å². The number of hydrogen-bond acceptors (Lipinski definition) is 3. The first-order valence-electron chi connectivity index (χ1n) is 6.83. The van der Waals surface area contributed by atoms with E-state index in [1.54, 1.807) is 24.3 Å². The number of rotatable bonds is 2. The highest BCUT2D eigenvalue weighted by atomic mass is 35.5. The Hall–Kier alpha value is -1.56. The number of likely N-dealkylation sites (N-methyl/N-ethyl adjacent to an activating group) is 1. The SMILES string of the molecule is C[NH+]1CCc2c(sc(N)c2C(=O)Nc2ccc(Cl)cc2)C1. The second kappa shape index (κ2) is 5.67. The maximum Gasteiger partial charge on any atom is 0.258 e. The second-order valence-corrected chi connectivity index (χ2v) is 6.91. The van der Waals surface area contributed by atoms with Gasteiger partial charge in [0, 0.05) is 17.1 Å². The van der Waals surface area contributed by atoms with Gasteiger partial charge in [-0.2, -0.15) is 0 Å². The summed E-state index contributed by atoms with van der Waals surface area (Å²) >= 11 is 7.39. The molecule has 1 aliphatic rings. The van der Waals surface area contributed by atoms with Gasteiger partial charge >= 0.3 is 0 Å². The zero-order valence-corrected chi connectivity index (χ0v) is 13.3. The van der Waals surface area contributed by atoms with Crippen molar-refractivity contribution >= 4 is 39.5 Å². The van der Waals surface area contributed by atoms with Crippen molar-refractivity contribution in [3.63, 3.8) is 0 Å². The van der Waals surface area contributed by atoms with Crippen LogP contribution in [0.1, 0.15) is 20.8 Å². The molecule has 4 N–H and O–H groups in total. The molecule has 0 saturated carbocycles. The van der Waals surface area contributed by atoms with Crippen LogP contribution in [0.4, 0.5) is 10.7 Å². The minimum atomic E-state index is -0.133. The van der Waals surface area contributed by atoms with Gasteiger partial charge in [-0.25, -0.2) is 0 Å². The molecule has 1 amide bonds. The van der Waals surface area contributed by atoms with Crippen LogP contribution in [0, 0.1) is 0 Å². The summed E-state index contributed by atoms with van der Waals surface area (Å²) in [6.45, 7) is 1.98. The zero-order chi connectivity index (χ0) is 15.0. The predicted molar refractivity (Wildman–Crippen MR) is 87.3 cm³/mol. The lowest BCUT2D eigenvalue weighted by Gasteiger charge is -2.19. The Bertz CT molecular complexity index is 681. The molecular weight excluding hydrogens is 306 g/mol. The number of anilines is 2. The van der Waals surface area contributed by atoms with E-state index in [-0.39, 0.29) is 5.91 Å². The number of nitrogens with two attached hydrogens (primary N) is 1. The number of carbonyl (C=O) groups excluding carboxylic acids is 1. The highest BCUT2D eigenvalue weighted by Gasteiger charge is 2.27. The molecule has 6 heteroatoms. The van der Waals surface area contributed by atoms with E-state index < -0.39 is 0 Å². The van der Waals surface area contributed by atoms with E-state index in [4.69, 9.17) is 17.3 Å². The number of carbonyl (C=O) groups is 1. The van der Waals surface area contributed by atoms with Crippen LogP contribution >= 0.6 is 22.9 Å². The Kier molecular flexibility index (Phi) is 3.89. The molecule has 1 unspecified atom stereocenters. The average molecular weight is 323 g/mol. The molecule has 4 nitrogen and oxygen atoms in total. The normalized spacial score (nSPS) is 17.3. The summed E-state index contributed by atoms with van der Waals surface area (Å²) in [5, 5.41) is 4.15. The number of benzene rings is 1. The Morgan fingerprint density at radius 1 is 1.38 bits per heavy atom. The van der Waals surface area contributed by atoms with Crippen molar-refractivity contribution in [1.29, 1.82) is 0 Å². The molecule has 0 radical (unpaired) electrons. The molecule has 2 heterocycles. The molecule has 1 aliphatic heterocycles. The van der Waals surface area contributed by atoms with Crippen LogP contribution in [-0.4, -0.2) is 19.5 Å². The predicted octanol–water partition coefficient (Wildman–Crippen LogP) is 1.81. The number of nitrogen functional groups attached to an aromatic ring is 1. The summed E-state index contributed by atoms with van der Waals surface area (Å²) in [6, 6.07) is 7.07. The van der Waals surface area contributed by atoms with Crippen molar-refractivity contribution in [2.75, 3.05) is 24.6 Å². The van der Waals surface area contributed by atoms with E-state index in [2.05, 4.69) is 12.4 Å². The second-order valence-electron chi connectivity index (χ2n) is 5.34. The summed E-state index contributed by atoms with van der Waals surface area (Å²) in [4.78, 5) is 15.2. The molecule has 0 aliphatic carbocycles. The summed E-state index contributed by atoms with van der Waals surface area (Å²) in [5.41, 5.74) is 8.57. The quantitative estimate of drug-likeness (QED) is 0.789. The van der Waals surface area contributed by atoms with Gasteiger partial charge in [-0.15, -0.1) is 11.3 Å². The summed E-state index contributed by atoms with van der Waals surface area (Å²) < 4.78 is 0. The molecule has 21 heavy (non-hydrogen) atoms. The van der Waals surface area contributed by atoms with Crippen molar-refractivity contribution < 1.29 is 9.69 Å². The van der Waals surface area contributed by atoms with Gasteiger partial charge in [0.2, 0.25) is 0 Å². The number of nitrogens with one attached hydrogen (secondary N) is 2. The van der Waals surface area contributed by atoms with Crippen molar-refractivity contribution in [1.82, 2.24) is 0 Å². The lowest BCUT2D eigenvalue weighted by molar-refractivity contribution is -0.895. The molecule has 0 saturated heterocycles. The standard InChI is InChI=1S/C15H16ClN3OS/c1-19-7-6-11-12(8-19)21-14(17)13(11)15(20)18-10-4-2-9(16)3-5-10/h2-5H,6-8,17H2,1H3,(H,18,20)/p+1. The minimum absolute atomic E-state index is 0.133. The maximum atomic E-state index is 12.5. The Labute approximate surface area is 132 Å². The van der Waals surface area contributed by atoms with Crippen molar-refractivity contribution in [3.05, 3.63) is 45.3 Å². The number of halogens is 1. The van der Waals surface area contributed by atoms with E-state index in [0.29, 0.717) is 15.6 Å². The van der Waals surface area contributed by atoms with Crippen LogP contribution in [0.5, 0.6) is 0 Å².